The number of nitrogens with zero attached hydrogens (tertiary/aromatic N) is 3. The number of aryl methyl sites for hydroxylation is 1. The predicted molar refractivity (Wildman–Crippen MR) is 78.0 cm³/mol. The lowest BCUT2D eigenvalue weighted by molar-refractivity contribution is -0.140. The molecule has 9 heteroatoms. The molecular weight excluding hydrogens is 313 g/mol. The van der Waals surface area contributed by atoms with Crippen molar-refractivity contribution in [1.82, 2.24) is 14.7 Å². The summed E-state index contributed by atoms with van der Waals surface area (Å²) in [6.45, 7) is 5.16. The Bertz CT molecular complexity index is 557. The Morgan fingerprint density at radius 2 is 2.22 bits per heavy atom. The highest BCUT2D eigenvalue weighted by Crippen LogP contribution is 2.33. The van der Waals surface area contributed by atoms with Crippen LogP contribution < -0.4 is 5.32 Å². The molecule has 2 rings (SSSR count). The Morgan fingerprint density at radius 3 is 2.83 bits per heavy atom. The SMILES string of the molecule is CC(C)CC1COCCN1C(=O)Nc1cn(C)nc1C(F)(F)F. The predicted octanol–water partition coefficient (Wildman–Crippen LogP) is 2.72. The van der Waals surface area contributed by atoms with Crippen LogP contribution in [0.15, 0.2) is 6.20 Å². The van der Waals surface area contributed by atoms with E-state index in [0.717, 1.165) is 17.3 Å². The van der Waals surface area contributed by atoms with Crippen LogP contribution in [0.3, 0.4) is 0 Å². The first-order valence-corrected chi connectivity index (χ1v) is 7.44. The minimum absolute atomic E-state index is 0.144. The van der Waals surface area contributed by atoms with Gasteiger partial charge in [0.2, 0.25) is 0 Å². The summed E-state index contributed by atoms with van der Waals surface area (Å²) in [7, 11) is 1.38. The maximum Gasteiger partial charge on any atom is 0.437 e. The van der Waals surface area contributed by atoms with Crippen LogP contribution in [0, 0.1) is 5.92 Å². The van der Waals surface area contributed by atoms with Crippen LogP contribution in [0.25, 0.3) is 0 Å². The number of aromatic nitrogens is 2. The molecule has 1 aromatic heterocycles. The zero-order valence-electron chi connectivity index (χ0n) is 13.4. The zero-order valence-corrected chi connectivity index (χ0v) is 13.4. The molecule has 0 saturated carbocycles. The third-order valence-corrected chi connectivity index (χ3v) is 3.57. The van der Waals surface area contributed by atoms with E-state index in [2.05, 4.69) is 10.4 Å². The number of hydrogen-bond acceptors (Lipinski definition) is 3. The van der Waals surface area contributed by atoms with E-state index in [1.807, 2.05) is 13.8 Å². The Kier molecular flexibility index (Phi) is 5.18. The topological polar surface area (TPSA) is 59.4 Å². The zero-order chi connectivity index (χ0) is 17.2. The molecule has 0 spiro atoms. The largest absolute Gasteiger partial charge is 0.437 e. The lowest BCUT2D eigenvalue weighted by Gasteiger charge is -2.36. The molecule has 1 atom stereocenters. The molecule has 0 aromatic carbocycles. The fourth-order valence-corrected chi connectivity index (χ4v) is 2.64. The van der Waals surface area contributed by atoms with Crippen molar-refractivity contribution < 1.29 is 22.7 Å². The molecule has 1 aliphatic heterocycles. The minimum atomic E-state index is -4.62. The highest BCUT2D eigenvalue weighted by molar-refractivity contribution is 5.90. The first-order valence-electron chi connectivity index (χ1n) is 7.44. The van der Waals surface area contributed by atoms with Crippen molar-refractivity contribution >= 4 is 11.7 Å². The van der Waals surface area contributed by atoms with Crippen LogP contribution in [0.2, 0.25) is 0 Å². The summed E-state index contributed by atoms with van der Waals surface area (Å²) in [5, 5.41) is 5.72. The highest BCUT2D eigenvalue weighted by Gasteiger charge is 2.38. The summed E-state index contributed by atoms with van der Waals surface area (Å²) in [5.41, 5.74) is -1.43. The summed E-state index contributed by atoms with van der Waals surface area (Å²) in [5.74, 6) is 0.348. The van der Waals surface area contributed by atoms with Crippen molar-refractivity contribution in [3.8, 4) is 0 Å². The summed E-state index contributed by atoms with van der Waals surface area (Å²) < 4.78 is 45.2. The van der Waals surface area contributed by atoms with Gasteiger partial charge in [0.05, 0.1) is 24.9 Å². The Hall–Kier alpha value is -1.77. The molecule has 1 N–H and O–H groups in total. The van der Waals surface area contributed by atoms with Crippen molar-refractivity contribution in [3.63, 3.8) is 0 Å². The normalized spacial score (nSPS) is 19.3. The quantitative estimate of drug-likeness (QED) is 0.925. The van der Waals surface area contributed by atoms with Crippen LogP contribution in [0.1, 0.15) is 26.0 Å². The van der Waals surface area contributed by atoms with Gasteiger partial charge in [-0.3, -0.25) is 4.68 Å². The lowest BCUT2D eigenvalue weighted by atomic mass is 10.0. The van der Waals surface area contributed by atoms with Gasteiger partial charge >= 0.3 is 12.2 Å². The monoisotopic (exact) mass is 334 g/mol. The smallest absolute Gasteiger partial charge is 0.377 e. The molecule has 130 valence electrons. The number of ether oxygens (including phenoxy) is 1. The number of rotatable bonds is 3. The molecular formula is C14H21F3N4O2. The number of carbonyl (C=O) groups is 1. The maximum absolute atomic E-state index is 12.9. The molecule has 0 radical (unpaired) electrons. The van der Waals surface area contributed by atoms with Crippen molar-refractivity contribution in [2.24, 2.45) is 13.0 Å². The molecule has 1 saturated heterocycles. The third-order valence-electron chi connectivity index (χ3n) is 3.57. The molecule has 0 bridgehead atoms. The summed E-state index contributed by atoms with van der Waals surface area (Å²) >= 11 is 0. The van der Waals surface area contributed by atoms with Gasteiger partial charge in [-0.05, 0) is 12.3 Å². The van der Waals surface area contributed by atoms with Crippen molar-refractivity contribution in [2.75, 3.05) is 25.1 Å². The number of alkyl halides is 3. The Balaban J connectivity index is 2.14. The van der Waals surface area contributed by atoms with Gasteiger partial charge in [0, 0.05) is 19.8 Å². The van der Waals surface area contributed by atoms with Crippen molar-refractivity contribution in [2.45, 2.75) is 32.5 Å². The Morgan fingerprint density at radius 1 is 1.52 bits per heavy atom. The van der Waals surface area contributed by atoms with Gasteiger partial charge < -0.3 is 15.0 Å². The third kappa shape index (κ3) is 4.37. The average molecular weight is 334 g/mol. The van der Waals surface area contributed by atoms with E-state index in [4.69, 9.17) is 4.74 Å². The van der Waals surface area contributed by atoms with Crippen LogP contribution in [-0.2, 0) is 18.0 Å². The molecule has 1 fully saturated rings. The number of morpholine rings is 1. The molecule has 1 unspecified atom stereocenters. The van der Waals surface area contributed by atoms with E-state index in [-0.39, 0.29) is 11.7 Å². The minimum Gasteiger partial charge on any atom is -0.377 e. The van der Waals surface area contributed by atoms with E-state index in [1.165, 1.54) is 11.9 Å². The average Bonchev–Trinajstić information content (AvgIpc) is 2.79. The van der Waals surface area contributed by atoms with Gasteiger partial charge in [-0.1, -0.05) is 13.8 Å². The van der Waals surface area contributed by atoms with E-state index in [0.29, 0.717) is 25.7 Å². The highest BCUT2D eigenvalue weighted by atomic mass is 19.4. The van der Waals surface area contributed by atoms with Gasteiger partial charge in [-0.15, -0.1) is 0 Å². The lowest BCUT2D eigenvalue weighted by Crippen LogP contribution is -2.50. The number of urea groups is 1. The van der Waals surface area contributed by atoms with Gasteiger partial charge in [0.25, 0.3) is 0 Å². The van der Waals surface area contributed by atoms with Crippen LogP contribution >= 0.6 is 0 Å². The fraction of sp³-hybridized carbons (Fsp3) is 0.714. The number of halogens is 3. The van der Waals surface area contributed by atoms with E-state index >= 15 is 0 Å². The molecule has 23 heavy (non-hydrogen) atoms. The molecule has 2 amide bonds. The van der Waals surface area contributed by atoms with Gasteiger partial charge in [-0.25, -0.2) is 4.79 Å². The second kappa shape index (κ2) is 6.77. The van der Waals surface area contributed by atoms with E-state index in [1.54, 1.807) is 0 Å². The second-order valence-electron chi connectivity index (χ2n) is 6.04. The number of nitrogens with one attached hydrogen (secondary N) is 1. The fourth-order valence-electron chi connectivity index (χ4n) is 2.64. The molecule has 1 aromatic rings. The van der Waals surface area contributed by atoms with E-state index < -0.39 is 17.9 Å². The van der Waals surface area contributed by atoms with E-state index in [9.17, 15) is 18.0 Å². The summed E-state index contributed by atoms with van der Waals surface area (Å²) in [6.07, 6.45) is -2.74. The molecule has 2 heterocycles. The molecule has 6 nitrogen and oxygen atoms in total. The first kappa shape index (κ1) is 17.6. The number of amides is 2. The van der Waals surface area contributed by atoms with Gasteiger partial charge in [0.1, 0.15) is 0 Å². The standard InChI is InChI=1S/C14H21F3N4O2/c1-9(2)6-10-8-23-5-4-21(10)13(22)18-11-7-20(3)19-12(11)14(15,16)17/h7,9-10H,4-6,8H2,1-3H3,(H,18,22). The van der Waals surface area contributed by atoms with Crippen LogP contribution in [0.5, 0.6) is 0 Å². The number of anilines is 1. The van der Waals surface area contributed by atoms with Crippen LogP contribution in [-0.4, -0.2) is 46.5 Å². The van der Waals surface area contributed by atoms with Gasteiger partial charge in [-0.2, -0.15) is 18.3 Å². The summed E-state index contributed by atoms with van der Waals surface area (Å²) in [4.78, 5) is 13.9. The van der Waals surface area contributed by atoms with Crippen molar-refractivity contribution in [1.29, 1.82) is 0 Å². The molecule has 0 aliphatic carbocycles. The number of carbonyl (C=O) groups excluding carboxylic acids is 1. The van der Waals surface area contributed by atoms with Crippen molar-refractivity contribution in [3.05, 3.63) is 11.9 Å². The summed E-state index contributed by atoms with van der Waals surface area (Å²) in [6, 6.07) is -0.702. The first-order chi connectivity index (χ1) is 10.7. The van der Waals surface area contributed by atoms with Crippen LogP contribution in [0.4, 0.5) is 23.7 Å². The second-order valence-corrected chi connectivity index (χ2v) is 6.04. The maximum atomic E-state index is 12.9. The Labute approximate surface area is 132 Å². The molecule has 1 aliphatic rings. The number of hydrogen-bond donors (Lipinski definition) is 1. The van der Waals surface area contributed by atoms with Gasteiger partial charge in [0.15, 0.2) is 5.69 Å².